The van der Waals surface area contributed by atoms with Crippen LogP contribution in [-0.2, 0) is 9.53 Å². The van der Waals surface area contributed by atoms with E-state index in [0.717, 1.165) is 12.0 Å². The van der Waals surface area contributed by atoms with Gasteiger partial charge < -0.3 is 10.1 Å². The maximum Gasteiger partial charge on any atom is 0.244 e. The van der Waals surface area contributed by atoms with E-state index < -0.39 is 0 Å². The third kappa shape index (κ3) is 6.92. The topological polar surface area (TPSA) is 38.3 Å². The molecule has 0 saturated heterocycles. The molecule has 0 aliphatic carbocycles. The molecule has 4 heteroatoms. The molecular formula is C13H19NO2S. The maximum absolute atomic E-state index is 11.4. The molecule has 0 atom stereocenters. The standard InChI is InChI=1S/C13H19NO2S/c1-11(2)16-8-3-7-14-13(15)5-4-12-6-9-17-10-12/h4-6,9-11H,3,7-8H2,1-2H3,(H,14,15)/b5-4+. The van der Waals surface area contributed by atoms with Crippen LogP contribution < -0.4 is 5.32 Å². The quantitative estimate of drug-likeness (QED) is 0.599. The molecule has 1 aromatic heterocycles. The molecule has 17 heavy (non-hydrogen) atoms. The molecule has 3 nitrogen and oxygen atoms in total. The van der Waals surface area contributed by atoms with E-state index in [1.807, 2.05) is 36.7 Å². The Hall–Kier alpha value is -1.13. The Morgan fingerprint density at radius 2 is 2.41 bits per heavy atom. The minimum Gasteiger partial charge on any atom is -0.379 e. The maximum atomic E-state index is 11.4. The average molecular weight is 253 g/mol. The van der Waals surface area contributed by atoms with Crippen molar-refractivity contribution in [3.63, 3.8) is 0 Å². The number of hydrogen-bond donors (Lipinski definition) is 1. The van der Waals surface area contributed by atoms with Gasteiger partial charge in [-0.1, -0.05) is 0 Å². The van der Waals surface area contributed by atoms with Crippen molar-refractivity contribution in [3.8, 4) is 0 Å². The molecule has 0 spiro atoms. The Bertz CT molecular complexity index is 344. The van der Waals surface area contributed by atoms with E-state index in [0.29, 0.717) is 13.2 Å². The summed E-state index contributed by atoms with van der Waals surface area (Å²) < 4.78 is 5.37. The second-order valence-electron chi connectivity index (χ2n) is 3.95. The van der Waals surface area contributed by atoms with Gasteiger partial charge in [-0.2, -0.15) is 11.3 Å². The Balaban J connectivity index is 2.09. The van der Waals surface area contributed by atoms with Crippen molar-refractivity contribution < 1.29 is 9.53 Å². The second-order valence-corrected chi connectivity index (χ2v) is 4.73. The Morgan fingerprint density at radius 1 is 1.59 bits per heavy atom. The zero-order valence-corrected chi connectivity index (χ0v) is 11.1. The van der Waals surface area contributed by atoms with Gasteiger partial charge in [-0.15, -0.1) is 0 Å². The van der Waals surface area contributed by atoms with Crippen LogP contribution in [0.3, 0.4) is 0 Å². The fourth-order valence-electron chi connectivity index (χ4n) is 1.20. The third-order valence-corrected chi connectivity index (χ3v) is 2.74. The van der Waals surface area contributed by atoms with E-state index in [1.165, 1.54) is 0 Å². The van der Waals surface area contributed by atoms with Crippen LogP contribution in [0, 0.1) is 0 Å². The van der Waals surface area contributed by atoms with Crippen molar-refractivity contribution in [1.29, 1.82) is 0 Å². The largest absolute Gasteiger partial charge is 0.379 e. The first-order valence-corrected chi connectivity index (χ1v) is 6.72. The predicted molar refractivity (Wildman–Crippen MR) is 72.1 cm³/mol. The number of thiophene rings is 1. The lowest BCUT2D eigenvalue weighted by atomic mass is 10.3. The average Bonchev–Trinajstić information content (AvgIpc) is 2.78. The molecule has 0 saturated carbocycles. The molecule has 1 heterocycles. The van der Waals surface area contributed by atoms with Gasteiger partial charge in [-0.25, -0.2) is 0 Å². The highest BCUT2D eigenvalue weighted by atomic mass is 32.1. The van der Waals surface area contributed by atoms with Gasteiger partial charge in [0.15, 0.2) is 0 Å². The van der Waals surface area contributed by atoms with Crippen LogP contribution in [0.1, 0.15) is 25.8 Å². The van der Waals surface area contributed by atoms with Crippen molar-refractivity contribution in [1.82, 2.24) is 5.32 Å². The first-order chi connectivity index (χ1) is 8.18. The van der Waals surface area contributed by atoms with E-state index in [2.05, 4.69) is 5.32 Å². The highest BCUT2D eigenvalue weighted by Crippen LogP contribution is 2.07. The fraction of sp³-hybridized carbons (Fsp3) is 0.462. The molecule has 0 aromatic carbocycles. The fourth-order valence-corrected chi connectivity index (χ4v) is 1.83. The van der Waals surface area contributed by atoms with Gasteiger partial charge in [-0.3, -0.25) is 4.79 Å². The second kappa shape index (κ2) is 8.03. The van der Waals surface area contributed by atoms with Crippen LogP contribution in [-0.4, -0.2) is 25.2 Å². The van der Waals surface area contributed by atoms with Crippen LogP contribution in [0.15, 0.2) is 22.9 Å². The van der Waals surface area contributed by atoms with E-state index in [-0.39, 0.29) is 12.0 Å². The van der Waals surface area contributed by atoms with Crippen molar-refractivity contribution in [2.45, 2.75) is 26.4 Å². The summed E-state index contributed by atoms with van der Waals surface area (Å²) in [4.78, 5) is 11.4. The van der Waals surface area contributed by atoms with E-state index in [9.17, 15) is 4.79 Å². The molecular weight excluding hydrogens is 234 g/mol. The van der Waals surface area contributed by atoms with Crippen molar-refractivity contribution in [3.05, 3.63) is 28.5 Å². The third-order valence-electron chi connectivity index (χ3n) is 2.04. The summed E-state index contributed by atoms with van der Waals surface area (Å²) in [7, 11) is 0. The lowest BCUT2D eigenvalue weighted by Crippen LogP contribution is -2.23. The van der Waals surface area contributed by atoms with Crippen LogP contribution in [0.4, 0.5) is 0 Å². The van der Waals surface area contributed by atoms with E-state index in [1.54, 1.807) is 17.4 Å². The Kier molecular flexibility index (Phi) is 6.58. The van der Waals surface area contributed by atoms with Gasteiger partial charge in [0.25, 0.3) is 0 Å². The molecule has 1 amide bonds. The van der Waals surface area contributed by atoms with Crippen LogP contribution in [0.2, 0.25) is 0 Å². The molecule has 94 valence electrons. The summed E-state index contributed by atoms with van der Waals surface area (Å²) in [5.74, 6) is -0.0549. The van der Waals surface area contributed by atoms with Gasteiger partial charge in [0.2, 0.25) is 5.91 Å². The molecule has 1 rings (SSSR count). The molecule has 1 N–H and O–H groups in total. The molecule has 0 aliphatic heterocycles. The van der Waals surface area contributed by atoms with Crippen LogP contribution >= 0.6 is 11.3 Å². The molecule has 0 radical (unpaired) electrons. The summed E-state index contributed by atoms with van der Waals surface area (Å²) in [6.07, 6.45) is 4.47. The summed E-state index contributed by atoms with van der Waals surface area (Å²) in [6.45, 7) is 5.34. The van der Waals surface area contributed by atoms with Crippen molar-refractivity contribution in [2.75, 3.05) is 13.2 Å². The van der Waals surface area contributed by atoms with Gasteiger partial charge in [0, 0.05) is 19.2 Å². The van der Waals surface area contributed by atoms with E-state index >= 15 is 0 Å². The Morgan fingerprint density at radius 3 is 3.06 bits per heavy atom. The number of carbonyl (C=O) groups is 1. The molecule has 0 bridgehead atoms. The highest BCUT2D eigenvalue weighted by Gasteiger charge is 1.96. The minimum atomic E-state index is -0.0549. The van der Waals surface area contributed by atoms with Gasteiger partial charge in [-0.05, 0) is 48.7 Å². The highest BCUT2D eigenvalue weighted by molar-refractivity contribution is 7.08. The SMILES string of the molecule is CC(C)OCCCNC(=O)/C=C/c1ccsc1. The first kappa shape index (κ1) is 13.9. The van der Waals surface area contributed by atoms with E-state index in [4.69, 9.17) is 4.74 Å². The summed E-state index contributed by atoms with van der Waals surface area (Å²) in [5.41, 5.74) is 1.06. The van der Waals surface area contributed by atoms with Gasteiger partial charge in [0.1, 0.15) is 0 Å². The number of hydrogen-bond acceptors (Lipinski definition) is 3. The zero-order chi connectivity index (χ0) is 12.5. The monoisotopic (exact) mass is 253 g/mol. The number of carbonyl (C=O) groups excluding carboxylic acids is 1. The van der Waals surface area contributed by atoms with Crippen molar-refractivity contribution >= 4 is 23.3 Å². The summed E-state index contributed by atoms with van der Waals surface area (Å²) >= 11 is 1.62. The smallest absolute Gasteiger partial charge is 0.244 e. The molecule has 0 fully saturated rings. The van der Waals surface area contributed by atoms with Crippen molar-refractivity contribution in [2.24, 2.45) is 0 Å². The first-order valence-electron chi connectivity index (χ1n) is 5.78. The number of rotatable bonds is 7. The van der Waals surface area contributed by atoms with Gasteiger partial charge >= 0.3 is 0 Å². The lowest BCUT2D eigenvalue weighted by molar-refractivity contribution is -0.116. The molecule has 0 aliphatic rings. The normalized spacial score (nSPS) is 11.2. The van der Waals surface area contributed by atoms with Crippen LogP contribution in [0.5, 0.6) is 0 Å². The molecule has 0 unspecified atom stereocenters. The molecule has 1 aromatic rings. The summed E-state index contributed by atoms with van der Waals surface area (Å²) in [5, 5.41) is 6.80. The van der Waals surface area contributed by atoms with Crippen LogP contribution in [0.25, 0.3) is 6.08 Å². The predicted octanol–water partition coefficient (Wildman–Crippen LogP) is 2.69. The number of amides is 1. The Labute approximate surface area is 106 Å². The van der Waals surface area contributed by atoms with Gasteiger partial charge in [0.05, 0.1) is 6.10 Å². The minimum absolute atomic E-state index is 0.0549. The lowest BCUT2D eigenvalue weighted by Gasteiger charge is -2.07. The summed E-state index contributed by atoms with van der Waals surface area (Å²) in [6, 6.07) is 1.98. The number of nitrogens with one attached hydrogen (secondary N) is 1. The zero-order valence-electron chi connectivity index (χ0n) is 10.3. The number of ether oxygens (including phenoxy) is 1.